The van der Waals surface area contributed by atoms with Gasteiger partial charge >= 0.3 is 0 Å². The van der Waals surface area contributed by atoms with Gasteiger partial charge in [0.2, 0.25) is 10.0 Å². The van der Waals surface area contributed by atoms with E-state index in [-0.39, 0.29) is 16.5 Å². The molecule has 8 heteroatoms. The van der Waals surface area contributed by atoms with E-state index in [1.54, 1.807) is 12.1 Å². The molecule has 1 heterocycles. The van der Waals surface area contributed by atoms with Gasteiger partial charge in [0, 0.05) is 23.7 Å². The fourth-order valence-corrected chi connectivity index (χ4v) is 6.45. The molecule has 0 unspecified atom stereocenters. The molecule has 1 aromatic heterocycles. The van der Waals surface area contributed by atoms with Crippen LogP contribution in [0.4, 0.5) is 0 Å². The number of rotatable bonds is 6. The summed E-state index contributed by atoms with van der Waals surface area (Å²) in [6.07, 6.45) is 9.63. The van der Waals surface area contributed by atoms with Crippen molar-refractivity contribution >= 4 is 10.0 Å². The standard InChI is InChI=1S/C24H33N3O4S/c1-3-27-24(28)20-13-9-8-12-19(20)23(25-27)17-14-15-21(31-2)22(16-17)32(29,30)26-18-10-6-4-5-7-11-18/h14-16,18,26H,3-13H2,1-2H3. The Kier molecular flexibility index (Phi) is 7.00. The number of methoxy groups -OCH3 is 1. The normalized spacial score (nSPS) is 17.6. The van der Waals surface area contributed by atoms with Crippen molar-refractivity contribution in [2.75, 3.05) is 7.11 Å². The lowest BCUT2D eigenvalue weighted by atomic mass is 9.90. The van der Waals surface area contributed by atoms with Crippen LogP contribution in [0.25, 0.3) is 11.3 Å². The highest BCUT2D eigenvalue weighted by Crippen LogP contribution is 2.33. The Balaban J connectivity index is 1.78. The molecule has 7 nitrogen and oxygen atoms in total. The van der Waals surface area contributed by atoms with Crippen LogP contribution in [0.2, 0.25) is 0 Å². The number of aryl methyl sites for hydroxylation is 1. The van der Waals surface area contributed by atoms with Crippen molar-refractivity contribution in [2.24, 2.45) is 0 Å². The molecule has 32 heavy (non-hydrogen) atoms. The molecule has 4 rings (SSSR count). The van der Waals surface area contributed by atoms with E-state index in [2.05, 4.69) is 9.82 Å². The summed E-state index contributed by atoms with van der Waals surface area (Å²) < 4.78 is 36.6. The van der Waals surface area contributed by atoms with E-state index < -0.39 is 10.0 Å². The van der Waals surface area contributed by atoms with E-state index in [0.29, 0.717) is 23.6 Å². The van der Waals surface area contributed by atoms with Crippen LogP contribution in [0.15, 0.2) is 27.9 Å². The predicted octanol–water partition coefficient (Wildman–Crippen LogP) is 3.82. The van der Waals surface area contributed by atoms with Gasteiger partial charge in [0.05, 0.1) is 12.8 Å². The zero-order chi connectivity index (χ0) is 22.7. The fraction of sp³-hybridized carbons (Fsp3) is 0.583. The Morgan fingerprint density at radius 1 is 1.06 bits per heavy atom. The molecule has 2 aromatic rings. The van der Waals surface area contributed by atoms with Gasteiger partial charge in [-0.05, 0) is 69.2 Å². The summed E-state index contributed by atoms with van der Waals surface area (Å²) in [7, 11) is -2.28. The molecule has 0 amide bonds. The first-order chi connectivity index (χ1) is 15.4. The van der Waals surface area contributed by atoms with Gasteiger partial charge in [-0.15, -0.1) is 0 Å². The minimum absolute atomic E-state index is 0.0256. The molecule has 1 fully saturated rings. The van der Waals surface area contributed by atoms with Crippen LogP contribution in [0.3, 0.4) is 0 Å². The maximum Gasteiger partial charge on any atom is 0.270 e. The van der Waals surface area contributed by atoms with E-state index in [4.69, 9.17) is 4.74 Å². The van der Waals surface area contributed by atoms with Crippen LogP contribution >= 0.6 is 0 Å². The van der Waals surface area contributed by atoms with Crippen molar-refractivity contribution in [1.82, 2.24) is 14.5 Å². The molecule has 1 saturated carbocycles. The lowest BCUT2D eigenvalue weighted by Gasteiger charge is -2.21. The molecule has 2 aliphatic carbocycles. The molecular formula is C24H33N3O4S. The molecule has 0 saturated heterocycles. The lowest BCUT2D eigenvalue weighted by molar-refractivity contribution is 0.401. The molecular weight excluding hydrogens is 426 g/mol. The summed E-state index contributed by atoms with van der Waals surface area (Å²) in [4.78, 5) is 12.9. The zero-order valence-corrected chi connectivity index (χ0v) is 19.8. The third-order valence-electron chi connectivity index (χ3n) is 6.67. The van der Waals surface area contributed by atoms with E-state index in [1.165, 1.54) is 11.8 Å². The van der Waals surface area contributed by atoms with Crippen molar-refractivity contribution in [2.45, 2.75) is 88.6 Å². The molecule has 0 spiro atoms. The molecule has 0 aliphatic heterocycles. The minimum atomic E-state index is -3.77. The molecule has 174 valence electrons. The highest BCUT2D eigenvalue weighted by atomic mass is 32.2. The monoisotopic (exact) mass is 459 g/mol. The summed E-state index contributed by atoms with van der Waals surface area (Å²) in [6.45, 7) is 2.37. The van der Waals surface area contributed by atoms with Gasteiger partial charge in [0.1, 0.15) is 10.6 Å². The van der Waals surface area contributed by atoms with Crippen LogP contribution in [0.5, 0.6) is 5.75 Å². The topological polar surface area (TPSA) is 90.3 Å². The Bertz CT molecular complexity index is 1130. The number of ether oxygens (including phenoxy) is 1. The average molecular weight is 460 g/mol. The van der Waals surface area contributed by atoms with Gasteiger partial charge in [0.15, 0.2) is 0 Å². The molecule has 2 aliphatic rings. The average Bonchev–Trinajstić information content (AvgIpc) is 3.07. The van der Waals surface area contributed by atoms with Gasteiger partial charge < -0.3 is 4.74 Å². The fourth-order valence-electron chi connectivity index (χ4n) is 4.95. The Morgan fingerprint density at radius 3 is 2.41 bits per heavy atom. The Hall–Kier alpha value is -2.19. The number of hydrogen-bond donors (Lipinski definition) is 1. The second kappa shape index (κ2) is 9.75. The van der Waals surface area contributed by atoms with Crippen molar-refractivity contribution in [3.05, 3.63) is 39.7 Å². The van der Waals surface area contributed by atoms with Crippen LogP contribution in [-0.4, -0.2) is 31.3 Å². The highest BCUT2D eigenvalue weighted by molar-refractivity contribution is 7.89. The zero-order valence-electron chi connectivity index (χ0n) is 19.0. The lowest BCUT2D eigenvalue weighted by Crippen LogP contribution is -2.34. The number of fused-ring (bicyclic) bond motifs is 1. The second-order valence-electron chi connectivity index (χ2n) is 8.81. The third-order valence-corrected chi connectivity index (χ3v) is 8.21. The number of nitrogens with zero attached hydrogens (tertiary/aromatic N) is 2. The number of aromatic nitrogens is 2. The Morgan fingerprint density at radius 2 is 1.75 bits per heavy atom. The molecule has 1 N–H and O–H groups in total. The third kappa shape index (κ3) is 4.62. The van der Waals surface area contributed by atoms with E-state index in [9.17, 15) is 13.2 Å². The Labute approximate surface area is 190 Å². The highest BCUT2D eigenvalue weighted by Gasteiger charge is 2.27. The largest absolute Gasteiger partial charge is 0.495 e. The first kappa shape index (κ1) is 23.0. The van der Waals surface area contributed by atoms with Crippen LogP contribution in [0.1, 0.15) is 69.4 Å². The van der Waals surface area contributed by atoms with Crippen molar-refractivity contribution < 1.29 is 13.2 Å². The quantitative estimate of drug-likeness (QED) is 0.663. The first-order valence-corrected chi connectivity index (χ1v) is 13.3. The van der Waals surface area contributed by atoms with E-state index in [0.717, 1.165) is 75.3 Å². The molecule has 0 bridgehead atoms. The number of sulfonamides is 1. The minimum Gasteiger partial charge on any atom is -0.495 e. The van der Waals surface area contributed by atoms with Gasteiger partial charge in [-0.1, -0.05) is 25.7 Å². The van der Waals surface area contributed by atoms with Crippen molar-refractivity contribution in [1.29, 1.82) is 0 Å². The number of nitrogens with one attached hydrogen (secondary N) is 1. The molecule has 1 aromatic carbocycles. The van der Waals surface area contributed by atoms with Crippen molar-refractivity contribution in [3.8, 4) is 17.0 Å². The van der Waals surface area contributed by atoms with Gasteiger partial charge in [-0.25, -0.2) is 17.8 Å². The summed E-state index contributed by atoms with van der Waals surface area (Å²) >= 11 is 0. The predicted molar refractivity (Wildman–Crippen MR) is 125 cm³/mol. The number of hydrogen-bond acceptors (Lipinski definition) is 5. The molecule has 0 radical (unpaired) electrons. The van der Waals surface area contributed by atoms with Crippen LogP contribution < -0.4 is 15.0 Å². The van der Waals surface area contributed by atoms with Gasteiger partial charge in [0.25, 0.3) is 5.56 Å². The maximum absolute atomic E-state index is 13.4. The molecule has 0 atom stereocenters. The van der Waals surface area contributed by atoms with Crippen LogP contribution in [0, 0.1) is 0 Å². The van der Waals surface area contributed by atoms with E-state index in [1.807, 2.05) is 13.0 Å². The van der Waals surface area contributed by atoms with E-state index >= 15 is 0 Å². The SMILES string of the molecule is CCn1nc(-c2ccc(OC)c(S(=O)(=O)NC3CCCCCC3)c2)c2c(c1=O)CCCC2. The smallest absolute Gasteiger partial charge is 0.270 e. The summed E-state index contributed by atoms with van der Waals surface area (Å²) in [5.41, 5.74) is 3.15. The van der Waals surface area contributed by atoms with Gasteiger partial charge in [-0.3, -0.25) is 4.79 Å². The summed E-state index contributed by atoms with van der Waals surface area (Å²) in [5, 5.41) is 4.63. The first-order valence-electron chi connectivity index (χ1n) is 11.8. The van der Waals surface area contributed by atoms with Crippen molar-refractivity contribution in [3.63, 3.8) is 0 Å². The summed E-state index contributed by atoms with van der Waals surface area (Å²) in [5.74, 6) is 0.313. The number of benzene rings is 1. The maximum atomic E-state index is 13.4. The van der Waals surface area contributed by atoms with Crippen LogP contribution in [-0.2, 0) is 29.4 Å². The van der Waals surface area contributed by atoms with Gasteiger partial charge in [-0.2, -0.15) is 5.10 Å². The second-order valence-corrected chi connectivity index (χ2v) is 10.5. The summed E-state index contributed by atoms with van der Waals surface area (Å²) in [6, 6.07) is 5.13.